The van der Waals surface area contributed by atoms with E-state index in [1.807, 2.05) is 27.0 Å². The van der Waals surface area contributed by atoms with Crippen molar-refractivity contribution in [3.05, 3.63) is 75.5 Å². The molecule has 0 saturated heterocycles. The molecule has 1 amide bonds. The molecular formula is C30H37N5O2. The summed E-state index contributed by atoms with van der Waals surface area (Å²) in [5, 5.41) is 5.42. The predicted octanol–water partition coefficient (Wildman–Crippen LogP) is 6.18. The van der Waals surface area contributed by atoms with Gasteiger partial charge in [0.2, 0.25) is 0 Å². The zero-order valence-corrected chi connectivity index (χ0v) is 23.2. The van der Waals surface area contributed by atoms with Gasteiger partial charge in [-0.05, 0) is 84.4 Å². The van der Waals surface area contributed by atoms with E-state index in [9.17, 15) is 4.79 Å². The average Bonchev–Trinajstić information content (AvgIpc) is 3.41. The summed E-state index contributed by atoms with van der Waals surface area (Å²) in [6, 6.07) is 8.35. The van der Waals surface area contributed by atoms with Gasteiger partial charge in [-0.2, -0.15) is 5.10 Å². The van der Waals surface area contributed by atoms with E-state index in [0.717, 1.165) is 33.7 Å². The molecule has 1 aromatic carbocycles. The Labute approximate surface area is 218 Å². The van der Waals surface area contributed by atoms with Gasteiger partial charge in [-0.1, -0.05) is 39.8 Å². The van der Waals surface area contributed by atoms with E-state index in [0.29, 0.717) is 6.42 Å². The van der Waals surface area contributed by atoms with Crippen molar-refractivity contribution >= 4 is 22.6 Å². The number of amides is 1. The van der Waals surface area contributed by atoms with Crippen molar-refractivity contribution in [3.63, 3.8) is 0 Å². The lowest BCUT2D eigenvalue weighted by molar-refractivity contribution is 0.0933. The Hall–Kier alpha value is -3.61. The Kier molecular flexibility index (Phi) is 5.93. The Morgan fingerprint density at radius 2 is 1.73 bits per heavy atom. The zero-order chi connectivity index (χ0) is 26.7. The van der Waals surface area contributed by atoms with Gasteiger partial charge >= 0.3 is 5.91 Å². The van der Waals surface area contributed by atoms with E-state index in [2.05, 4.69) is 67.7 Å². The van der Waals surface area contributed by atoms with Crippen LogP contribution in [0.2, 0.25) is 0 Å². The highest BCUT2D eigenvalue weighted by atomic mass is 16.4. The maximum absolute atomic E-state index is 12.8. The largest absolute Gasteiger partial charge is 0.456 e. The quantitative estimate of drug-likeness (QED) is 0.320. The van der Waals surface area contributed by atoms with Gasteiger partial charge in [0, 0.05) is 18.9 Å². The first-order chi connectivity index (χ1) is 17.4. The van der Waals surface area contributed by atoms with Crippen molar-refractivity contribution in [1.82, 2.24) is 20.2 Å². The molecule has 0 atom stereocenters. The zero-order valence-electron chi connectivity index (χ0n) is 23.2. The highest BCUT2D eigenvalue weighted by Gasteiger charge is 2.37. The van der Waals surface area contributed by atoms with Gasteiger partial charge in [-0.3, -0.25) is 20.3 Å². The third-order valence-corrected chi connectivity index (χ3v) is 8.16. The number of fused-ring (bicyclic) bond motifs is 2. The van der Waals surface area contributed by atoms with Crippen molar-refractivity contribution in [2.75, 3.05) is 5.43 Å². The van der Waals surface area contributed by atoms with E-state index >= 15 is 0 Å². The van der Waals surface area contributed by atoms with E-state index < -0.39 is 0 Å². The Morgan fingerprint density at radius 1 is 1.05 bits per heavy atom. The molecule has 0 fully saturated rings. The molecule has 7 nitrogen and oxygen atoms in total. The molecule has 0 radical (unpaired) electrons. The minimum Gasteiger partial charge on any atom is -0.456 e. The van der Waals surface area contributed by atoms with Gasteiger partial charge in [0.25, 0.3) is 0 Å². The molecular weight excluding hydrogens is 462 g/mol. The lowest BCUT2D eigenvalue weighted by Gasteiger charge is -2.42. The predicted molar refractivity (Wildman–Crippen MR) is 147 cm³/mol. The van der Waals surface area contributed by atoms with Crippen LogP contribution in [0.5, 0.6) is 0 Å². The lowest BCUT2D eigenvalue weighted by atomic mass is 9.62. The molecule has 0 aliphatic heterocycles. The number of hydrogen-bond donors (Lipinski definition) is 2. The van der Waals surface area contributed by atoms with Crippen LogP contribution < -0.4 is 10.9 Å². The lowest BCUT2D eigenvalue weighted by Crippen LogP contribution is -2.34. The summed E-state index contributed by atoms with van der Waals surface area (Å²) in [6.45, 7) is 15.5. The van der Waals surface area contributed by atoms with Crippen LogP contribution >= 0.6 is 0 Å². The summed E-state index contributed by atoms with van der Waals surface area (Å²) >= 11 is 0. The van der Waals surface area contributed by atoms with Crippen LogP contribution in [0.4, 0.5) is 5.69 Å². The fourth-order valence-corrected chi connectivity index (χ4v) is 5.64. The van der Waals surface area contributed by atoms with Crippen molar-refractivity contribution < 1.29 is 9.21 Å². The van der Waals surface area contributed by atoms with Gasteiger partial charge in [-0.15, -0.1) is 0 Å². The van der Waals surface area contributed by atoms with Crippen molar-refractivity contribution in [2.45, 2.75) is 78.6 Å². The molecule has 3 aromatic heterocycles. The molecule has 0 spiro atoms. The van der Waals surface area contributed by atoms with Crippen molar-refractivity contribution in [1.29, 1.82) is 0 Å². The van der Waals surface area contributed by atoms with Crippen molar-refractivity contribution in [3.8, 4) is 0 Å². The second-order valence-corrected chi connectivity index (χ2v) is 11.8. The number of hydrogen-bond acceptors (Lipinski definition) is 5. The van der Waals surface area contributed by atoms with Crippen LogP contribution in [-0.4, -0.2) is 20.7 Å². The monoisotopic (exact) mass is 499 g/mol. The van der Waals surface area contributed by atoms with Gasteiger partial charge in [0.05, 0.1) is 17.6 Å². The number of benzene rings is 1. The minimum atomic E-state index is -0.335. The van der Waals surface area contributed by atoms with E-state index in [4.69, 9.17) is 4.42 Å². The molecule has 4 aromatic rings. The fraction of sp³-hybridized carbons (Fsp3) is 0.433. The second-order valence-electron chi connectivity index (χ2n) is 11.8. The molecule has 0 saturated carbocycles. The van der Waals surface area contributed by atoms with Crippen molar-refractivity contribution in [2.24, 2.45) is 7.05 Å². The number of aryl methyl sites for hydroxylation is 4. The van der Waals surface area contributed by atoms with Crippen LogP contribution in [0.25, 0.3) is 11.0 Å². The molecule has 3 heterocycles. The van der Waals surface area contributed by atoms with E-state index in [-0.39, 0.29) is 22.5 Å². The molecule has 0 bridgehead atoms. The Morgan fingerprint density at radius 3 is 2.43 bits per heavy atom. The topological polar surface area (TPSA) is 85.0 Å². The maximum atomic E-state index is 12.8. The third-order valence-electron chi connectivity index (χ3n) is 8.16. The number of pyridine rings is 1. The van der Waals surface area contributed by atoms with Crippen LogP contribution in [0.15, 0.2) is 34.9 Å². The number of furan rings is 1. The van der Waals surface area contributed by atoms with Gasteiger partial charge in [0.1, 0.15) is 5.76 Å². The van der Waals surface area contributed by atoms with Crippen LogP contribution in [0.3, 0.4) is 0 Å². The average molecular weight is 500 g/mol. The van der Waals surface area contributed by atoms with E-state index in [1.165, 1.54) is 35.1 Å². The number of anilines is 1. The van der Waals surface area contributed by atoms with Gasteiger partial charge in [-0.25, -0.2) is 4.98 Å². The number of rotatable bonds is 5. The standard InChI is InChI=1S/C30H37N5O2/c1-17-13-22-23(30(6,7)12-11-29(22,4)5)15-20(17)14-21-9-10-25(37-21)28(36)33-32-24-16-31-27-26(18(24)2)19(3)34-35(27)8/h9-10,13,15-16,32H,11-12,14H2,1-8H3,(H,33,36). The molecule has 0 unspecified atom stereocenters. The minimum absolute atomic E-state index is 0.150. The number of nitrogens with one attached hydrogen (secondary N) is 2. The highest BCUT2D eigenvalue weighted by Crippen LogP contribution is 2.46. The first-order valence-corrected chi connectivity index (χ1v) is 13.0. The second kappa shape index (κ2) is 8.75. The summed E-state index contributed by atoms with van der Waals surface area (Å²) < 4.78 is 7.73. The summed E-state index contributed by atoms with van der Waals surface area (Å²) in [6.07, 6.45) is 4.72. The molecule has 194 valence electrons. The maximum Gasteiger partial charge on any atom is 0.305 e. The Bertz CT molecular complexity index is 1520. The summed E-state index contributed by atoms with van der Waals surface area (Å²) in [5.74, 6) is 0.703. The normalized spacial score (nSPS) is 16.0. The smallest absolute Gasteiger partial charge is 0.305 e. The third kappa shape index (κ3) is 4.41. The van der Waals surface area contributed by atoms with Gasteiger partial charge in [0.15, 0.2) is 11.4 Å². The number of carbonyl (C=O) groups is 1. The molecule has 1 aliphatic carbocycles. The SMILES string of the molecule is Cc1cc2c(cc1Cc1ccc(C(=O)NNc3cnc4c(c(C)nn4C)c3C)o1)C(C)(C)CCC2(C)C. The molecule has 2 N–H and O–H groups in total. The number of hydrazine groups is 1. The fourth-order valence-electron chi connectivity index (χ4n) is 5.64. The molecule has 7 heteroatoms. The van der Waals surface area contributed by atoms with Crippen LogP contribution in [0.1, 0.15) is 90.4 Å². The van der Waals surface area contributed by atoms with Crippen LogP contribution in [0, 0.1) is 20.8 Å². The first kappa shape index (κ1) is 25.1. The summed E-state index contributed by atoms with van der Waals surface area (Å²) in [7, 11) is 1.87. The van der Waals surface area contributed by atoms with Crippen LogP contribution in [-0.2, 0) is 24.3 Å². The van der Waals surface area contributed by atoms with Gasteiger partial charge < -0.3 is 4.42 Å². The highest BCUT2D eigenvalue weighted by molar-refractivity contribution is 5.93. The summed E-state index contributed by atoms with van der Waals surface area (Å²) in [5.41, 5.74) is 14.9. The number of aromatic nitrogens is 3. The Balaban J connectivity index is 1.32. The number of nitrogens with zero attached hydrogens (tertiary/aromatic N) is 3. The molecule has 37 heavy (non-hydrogen) atoms. The summed E-state index contributed by atoms with van der Waals surface area (Å²) in [4.78, 5) is 17.3. The van der Waals surface area contributed by atoms with E-state index in [1.54, 1.807) is 16.9 Å². The number of carbonyl (C=O) groups excluding carboxylic acids is 1. The molecule has 1 aliphatic rings. The first-order valence-electron chi connectivity index (χ1n) is 13.0. The molecule has 5 rings (SSSR count).